The Hall–Kier alpha value is -1.69. The van der Waals surface area contributed by atoms with Crippen LogP contribution in [0.5, 0.6) is 0 Å². The number of aliphatic hydroxyl groups excluding tert-OH is 1. The second-order valence-electron chi connectivity index (χ2n) is 6.11. The van der Waals surface area contributed by atoms with Crippen LogP contribution in [0.4, 0.5) is 0 Å². The molecular weight excluding hydrogens is 322 g/mol. The SMILES string of the molecule is O=C(CCc1ccsc1)N1CCOC[C@@H]1C[C@@H](O)c1ccccc1. The van der Waals surface area contributed by atoms with E-state index in [0.717, 1.165) is 12.0 Å². The van der Waals surface area contributed by atoms with E-state index in [2.05, 4.69) is 11.4 Å². The molecule has 1 saturated heterocycles. The fraction of sp³-hybridized carbons (Fsp3) is 0.421. The Kier molecular flexibility index (Phi) is 6.01. The quantitative estimate of drug-likeness (QED) is 0.875. The van der Waals surface area contributed by atoms with Gasteiger partial charge >= 0.3 is 0 Å². The standard InChI is InChI=1S/C19H23NO3S/c21-18(16-4-2-1-3-5-16)12-17-13-23-10-9-20(17)19(22)7-6-15-8-11-24-14-15/h1-5,8,11,14,17-18,21H,6-7,9-10,12-13H2/t17-,18+/m0/s1. The third kappa shape index (κ3) is 4.44. The molecule has 3 rings (SSSR count). The molecule has 0 radical (unpaired) electrons. The van der Waals surface area contributed by atoms with E-state index in [1.165, 1.54) is 5.56 Å². The number of thiophene rings is 1. The smallest absolute Gasteiger partial charge is 0.223 e. The molecule has 4 nitrogen and oxygen atoms in total. The molecule has 1 amide bonds. The van der Waals surface area contributed by atoms with Gasteiger partial charge in [-0.3, -0.25) is 4.79 Å². The van der Waals surface area contributed by atoms with E-state index in [1.54, 1.807) is 11.3 Å². The molecule has 0 spiro atoms. The molecule has 24 heavy (non-hydrogen) atoms. The van der Waals surface area contributed by atoms with E-state index >= 15 is 0 Å². The van der Waals surface area contributed by atoms with Crippen molar-refractivity contribution in [2.24, 2.45) is 0 Å². The summed E-state index contributed by atoms with van der Waals surface area (Å²) in [6, 6.07) is 11.6. The lowest BCUT2D eigenvalue weighted by Crippen LogP contribution is -2.49. The van der Waals surface area contributed by atoms with E-state index in [0.29, 0.717) is 32.6 Å². The van der Waals surface area contributed by atoms with Crippen molar-refractivity contribution in [1.29, 1.82) is 0 Å². The Morgan fingerprint density at radius 3 is 2.92 bits per heavy atom. The molecule has 2 aromatic rings. The first-order chi connectivity index (χ1) is 11.7. The topological polar surface area (TPSA) is 49.8 Å². The average Bonchev–Trinajstić information content (AvgIpc) is 3.14. The highest BCUT2D eigenvalue weighted by Gasteiger charge is 2.29. The van der Waals surface area contributed by atoms with Crippen LogP contribution in [-0.2, 0) is 16.0 Å². The van der Waals surface area contributed by atoms with Crippen molar-refractivity contribution in [2.45, 2.75) is 31.4 Å². The largest absolute Gasteiger partial charge is 0.388 e. The Morgan fingerprint density at radius 2 is 2.17 bits per heavy atom. The number of aliphatic hydroxyl groups is 1. The van der Waals surface area contributed by atoms with Gasteiger partial charge in [0, 0.05) is 19.4 Å². The maximum atomic E-state index is 12.6. The van der Waals surface area contributed by atoms with Crippen LogP contribution in [-0.4, -0.2) is 41.7 Å². The average molecular weight is 345 g/mol. The lowest BCUT2D eigenvalue weighted by molar-refractivity contribution is -0.141. The van der Waals surface area contributed by atoms with Gasteiger partial charge in [0.2, 0.25) is 5.91 Å². The molecule has 2 heterocycles. The summed E-state index contributed by atoms with van der Waals surface area (Å²) in [5.41, 5.74) is 2.09. The van der Waals surface area contributed by atoms with Crippen molar-refractivity contribution in [3.8, 4) is 0 Å². The first kappa shape index (κ1) is 17.1. The van der Waals surface area contributed by atoms with Gasteiger partial charge in [-0.2, -0.15) is 11.3 Å². The number of ether oxygens (including phenoxy) is 1. The van der Waals surface area contributed by atoms with Gasteiger partial charge in [0.1, 0.15) is 0 Å². The summed E-state index contributed by atoms with van der Waals surface area (Å²) in [6.45, 7) is 1.67. The first-order valence-corrected chi connectivity index (χ1v) is 9.29. The molecule has 0 saturated carbocycles. The van der Waals surface area contributed by atoms with Crippen LogP contribution in [0.1, 0.15) is 30.1 Å². The number of benzene rings is 1. The van der Waals surface area contributed by atoms with Crippen LogP contribution in [0.2, 0.25) is 0 Å². The number of hydrogen-bond donors (Lipinski definition) is 1. The van der Waals surface area contributed by atoms with Crippen LogP contribution in [0, 0.1) is 0 Å². The van der Waals surface area contributed by atoms with Crippen molar-refractivity contribution >= 4 is 17.2 Å². The Morgan fingerprint density at radius 1 is 1.33 bits per heavy atom. The molecule has 1 aromatic heterocycles. The van der Waals surface area contributed by atoms with Gasteiger partial charge in [0.25, 0.3) is 0 Å². The fourth-order valence-electron chi connectivity index (χ4n) is 3.08. The normalized spacial score (nSPS) is 19.2. The van der Waals surface area contributed by atoms with E-state index in [-0.39, 0.29) is 11.9 Å². The lowest BCUT2D eigenvalue weighted by atomic mass is 10.00. The van der Waals surface area contributed by atoms with E-state index in [4.69, 9.17) is 4.74 Å². The maximum Gasteiger partial charge on any atom is 0.223 e. The Balaban J connectivity index is 1.59. The highest BCUT2D eigenvalue weighted by molar-refractivity contribution is 7.07. The summed E-state index contributed by atoms with van der Waals surface area (Å²) >= 11 is 1.66. The number of rotatable bonds is 6. The second kappa shape index (κ2) is 8.42. The molecule has 128 valence electrons. The summed E-state index contributed by atoms with van der Waals surface area (Å²) in [6.07, 6.45) is 1.21. The molecule has 2 atom stereocenters. The van der Waals surface area contributed by atoms with Crippen LogP contribution in [0.3, 0.4) is 0 Å². The zero-order chi connectivity index (χ0) is 16.8. The van der Waals surface area contributed by atoms with Crippen LogP contribution in [0.15, 0.2) is 47.2 Å². The second-order valence-corrected chi connectivity index (χ2v) is 6.89. The minimum Gasteiger partial charge on any atom is -0.388 e. The highest BCUT2D eigenvalue weighted by Crippen LogP contribution is 2.23. The van der Waals surface area contributed by atoms with Gasteiger partial charge < -0.3 is 14.7 Å². The number of morpholine rings is 1. The van der Waals surface area contributed by atoms with E-state index in [9.17, 15) is 9.90 Å². The van der Waals surface area contributed by atoms with Gasteiger partial charge in [-0.1, -0.05) is 30.3 Å². The predicted octanol–water partition coefficient (Wildman–Crippen LogP) is 3.03. The summed E-state index contributed by atoms with van der Waals surface area (Å²) in [5, 5.41) is 14.6. The first-order valence-electron chi connectivity index (χ1n) is 8.35. The number of nitrogens with zero attached hydrogens (tertiary/aromatic N) is 1. The minimum absolute atomic E-state index is 0.0658. The van der Waals surface area contributed by atoms with Crippen molar-refractivity contribution < 1.29 is 14.6 Å². The van der Waals surface area contributed by atoms with Crippen LogP contribution in [0.25, 0.3) is 0 Å². The molecule has 1 fully saturated rings. The fourth-order valence-corrected chi connectivity index (χ4v) is 3.78. The molecule has 1 aliphatic rings. The zero-order valence-corrected chi connectivity index (χ0v) is 14.5. The number of hydrogen-bond acceptors (Lipinski definition) is 4. The van der Waals surface area contributed by atoms with Crippen LogP contribution < -0.4 is 0 Å². The summed E-state index contributed by atoms with van der Waals surface area (Å²) < 4.78 is 5.55. The number of carbonyl (C=O) groups excluding carboxylic acids is 1. The van der Waals surface area contributed by atoms with Crippen molar-refractivity contribution in [3.05, 3.63) is 58.3 Å². The molecule has 1 N–H and O–H groups in total. The van der Waals surface area contributed by atoms with Gasteiger partial charge in [-0.05, 0) is 34.4 Å². The Labute approximate surface area is 146 Å². The van der Waals surface area contributed by atoms with Crippen molar-refractivity contribution in [1.82, 2.24) is 4.90 Å². The van der Waals surface area contributed by atoms with Crippen LogP contribution >= 0.6 is 11.3 Å². The summed E-state index contributed by atoms with van der Waals surface area (Å²) in [7, 11) is 0. The predicted molar refractivity (Wildman–Crippen MR) is 95.0 cm³/mol. The van der Waals surface area contributed by atoms with Gasteiger partial charge in [0.15, 0.2) is 0 Å². The summed E-state index contributed by atoms with van der Waals surface area (Å²) in [5.74, 6) is 0.148. The molecule has 0 unspecified atom stereocenters. The number of carbonyl (C=O) groups is 1. The molecule has 0 bridgehead atoms. The van der Waals surface area contributed by atoms with Gasteiger partial charge in [-0.25, -0.2) is 0 Å². The monoisotopic (exact) mass is 345 g/mol. The molecule has 5 heteroatoms. The lowest BCUT2D eigenvalue weighted by Gasteiger charge is -2.37. The molecule has 1 aromatic carbocycles. The van der Waals surface area contributed by atoms with E-state index < -0.39 is 6.10 Å². The minimum atomic E-state index is -0.579. The molecular formula is C19H23NO3S. The van der Waals surface area contributed by atoms with E-state index in [1.807, 2.05) is 40.6 Å². The Bertz CT molecular complexity index is 629. The zero-order valence-electron chi connectivity index (χ0n) is 13.6. The van der Waals surface area contributed by atoms with Gasteiger partial charge in [0.05, 0.1) is 25.4 Å². The molecule has 1 aliphatic heterocycles. The van der Waals surface area contributed by atoms with Crippen molar-refractivity contribution in [3.63, 3.8) is 0 Å². The molecule has 0 aliphatic carbocycles. The highest BCUT2D eigenvalue weighted by atomic mass is 32.1. The van der Waals surface area contributed by atoms with Gasteiger partial charge in [-0.15, -0.1) is 0 Å². The number of amides is 1. The third-order valence-electron chi connectivity index (χ3n) is 4.44. The third-order valence-corrected chi connectivity index (χ3v) is 5.17. The maximum absolute atomic E-state index is 12.6. The summed E-state index contributed by atoms with van der Waals surface area (Å²) in [4.78, 5) is 14.5. The number of aryl methyl sites for hydroxylation is 1. The van der Waals surface area contributed by atoms with Crippen molar-refractivity contribution in [2.75, 3.05) is 19.8 Å².